The number of benzene rings is 3. The number of aryl methyl sites for hydroxylation is 3. The van der Waals surface area contributed by atoms with E-state index in [-0.39, 0.29) is 5.91 Å². The number of H-pyrrole nitrogens is 1. The van der Waals surface area contributed by atoms with Crippen LogP contribution in [0, 0.1) is 6.92 Å². The molecule has 28 heavy (non-hydrogen) atoms. The van der Waals surface area contributed by atoms with Gasteiger partial charge in [0.05, 0.1) is 11.0 Å². The summed E-state index contributed by atoms with van der Waals surface area (Å²) < 4.78 is 0. The summed E-state index contributed by atoms with van der Waals surface area (Å²) in [6.07, 6.45) is 1.71. The van der Waals surface area contributed by atoms with Crippen LogP contribution in [0.1, 0.15) is 27.3 Å². The number of nitrogens with zero attached hydrogens (tertiary/aromatic N) is 1. The molecule has 0 fully saturated rings. The highest BCUT2D eigenvalue weighted by molar-refractivity contribution is 6.31. The monoisotopic (exact) mass is 389 g/mol. The predicted octanol–water partition coefficient (Wildman–Crippen LogP) is 5.56. The highest BCUT2D eigenvalue weighted by Crippen LogP contribution is 2.17. The van der Waals surface area contributed by atoms with Crippen LogP contribution in [-0.2, 0) is 12.8 Å². The molecular weight excluding hydrogens is 370 g/mol. The van der Waals surface area contributed by atoms with Crippen LogP contribution < -0.4 is 5.32 Å². The van der Waals surface area contributed by atoms with E-state index in [0.717, 1.165) is 35.4 Å². The third-order valence-corrected chi connectivity index (χ3v) is 4.87. The van der Waals surface area contributed by atoms with Gasteiger partial charge in [0, 0.05) is 22.7 Å². The third-order valence-electron chi connectivity index (χ3n) is 4.64. The van der Waals surface area contributed by atoms with Gasteiger partial charge in [-0.05, 0) is 66.9 Å². The number of hydrogen-bond acceptors (Lipinski definition) is 2. The SMILES string of the molecule is Cc1ccc2nc(CCc3ccc(NC(=O)c4cccc(Cl)c4)cc3)[nH]c2c1. The summed E-state index contributed by atoms with van der Waals surface area (Å²) in [7, 11) is 0. The highest BCUT2D eigenvalue weighted by atomic mass is 35.5. The largest absolute Gasteiger partial charge is 0.342 e. The van der Waals surface area contributed by atoms with Crippen LogP contribution in [0.2, 0.25) is 5.02 Å². The van der Waals surface area contributed by atoms with Crippen LogP contribution in [-0.4, -0.2) is 15.9 Å². The van der Waals surface area contributed by atoms with Crippen LogP contribution in [0.4, 0.5) is 5.69 Å². The molecule has 1 amide bonds. The number of carbonyl (C=O) groups is 1. The first kappa shape index (κ1) is 18.3. The molecule has 1 aromatic heterocycles. The second-order valence-electron chi connectivity index (χ2n) is 6.87. The standard InChI is InChI=1S/C23H20ClN3O/c1-15-5-11-20-21(13-15)27-22(26-20)12-8-16-6-9-19(10-7-16)25-23(28)17-3-2-4-18(24)14-17/h2-7,9-11,13-14H,8,12H2,1H3,(H,25,28)(H,26,27). The minimum atomic E-state index is -0.173. The summed E-state index contributed by atoms with van der Waals surface area (Å²) in [6.45, 7) is 2.08. The molecule has 0 bridgehead atoms. The zero-order valence-corrected chi connectivity index (χ0v) is 16.3. The molecule has 0 aliphatic heterocycles. The Hall–Kier alpha value is -3.11. The molecule has 0 spiro atoms. The lowest BCUT2D eigenvalue weighted by atomic mass is 10.1. The van der Waals surface area contributed by atoms with Crippen LogP contribution in [0.3, 0.4) is 0 Å². The van der Waals surface area contributed by atoms with Gasteiger partial charge in [0.1, 0.15) is 5.82 Å². The summed E-state index contributed by atoms with van der Waals surface area (Å²) in [4.78, 5) is 20.3. The Morgan fingerprint density at radius 1 is 1.04 bits per heavy atom. The molecule has 0 atom stereocenters. The minimum Gasteiger partial charge on any atom is -0.342 e. The van der Waals surface area contributed by atoms with E-state index in [1.807, 2.05) is 30.3 Å². The van der Waals surface area contributed by atoms with E-state index in [2.05, 4.69) is 34.3 Å². The van der Waals surface area contributed by atoms with Crippen molar-refractivity contribution in [3.63, 3.8) is 0 Å². The van der Waals surface area contributed by atoms with Gasteiger partial charge in [-0.25, -0.2) is 4.98 Å². The number of hydrogen-bond donors (Lipinski definition) is 2. The smallest absolute Gasteiger partial charge is 0.255 e. The Morgan fingerprint density at radius 2 is 1.86 bits per heavy atom. The first-order chi connectivity index (χ1) is 13.6. The molecule has 0 aliphatic carbocycles. The fourth-order valence-electron chi connectivity index (χ4n) is 3.15. The summed E-state index contributed by atoms with van der Waals surface area (Å²) in [5.74, 6) is 0.812. The van der Waals surface area contributed by atoms with Crippen molar-refractivity contribution in [3.8, 4) is 0 Å². The lowest BCUT2D eigenvalue weighted by Gasteiger charge is -2.07. The third kappa shape index (κ3) is 4.24. The molecule has 3 aromatic carbocycles. The molecule has 1 heterocycles. The molecule has 0 saturated heterocycles. The van der Waals surface area contributed by atoms with Crippen molar-refractivity contribution in [2.24, 2.45) is 0 Å². The highest BCUT2D eigenvalue weighted by Gasteiger charge is 2.07. The number of nitrogens with one attached hydrogen (secondary N) is 2. The van der Waals surface area contributed by atoms with E-state index in [9.17, 15) is 4.79 Å². The molecule has 0 radical (unpaired) electrons. The molecule has 4 nitrogen and oxygen atoms in total. The van der Waals surface area contributed by atoms with Gasteiger partial charge >= 0.3 is 0 Å². The van der Waals surface area contributed by atoms with Crippen molar-refractivity contribution in [3.05, 3.63) is 94.3 Å². The maximum Gasteiger partial charge on any atom is 0.255 e. The number of rotatable bonds is 5. The van der Waals surface area contributed by atoms with Crippen LogP contribution in [0.25, 0.3) is 11.0 Å². The zero-order valence-electron chi connectivity index (χ0n) is 15.5. The van der Waals surface area contributed by atoms with Crippen LogP contribution in [0.15, 0.2) is 66.7 Å². The van der Waals surface area contributed by atoms with Crippen LogP contribution >= 0.6 is 11.6 Å². The number of aromatic amines is 1. The Balaban J connectivity index is 1.38. The van der Waals surface area contributed by atoms with Gasteiger partial charge in [-0.15, -0.1) is 0 Å². The van der Waals surface area contributed by atoms with Crippen molar-refractivity contribution < 1.29 is 4.79 Å². The molecular formula is C23H20ClN3O. The lowest BCUT2D eigenvalue weighted by molar-refractivity contribution is 0.102. The fourth-order valence-corrected chi connectivity index (χ4v) is 3.34. The van der Waals surface area contributed by atoms with Gasteiger partial charge in [-0.3, -0.25) is 4.79 Å². The number of aromatic nitrogens is 2. The Kier molecular flexibility index (Phi) is 5.13. The zero-order chi connectivity index (χ0) is 19.5. The second-order valence-corrected chi connectivity index (χ2v) is 7.30. The maximum absolute atomic E-state index is 12.3. The summed E-state index contributed by atoms with van der Waals surface area (Å²) in [6, 6.07) is 21.0. The molecule has 2 N–H and O–H groups in total. The number of anilines is 1. The molecule has 0 unspecified atom stereocenters. The lowest BCUT2D eigenvalue weighted by Crippen LogP contribution is -2.11. The topological polar surface area (TPSA) is 57.8 Å². The predicted molar refractivity (Wildman–Crippen MR) is 114 cm³/mol. The Morgan fingerprint density at radius 3 is 2.64 bits per heavy atom. The van der Waals surface area contributed by atoms with Gasteiger partial charge < -0.3 is 10.3 Å². The summed E-state index contributed by atoms with van der Waals surface area (Å²) in [5, 5.41) is 3.44. The normalized spacial score (nSPS) is 10.9. The number of carbonyl (C=O) groups excluding carboxylic acids is 1. The number of imidazole rings is 1. The number of amides is 1. The Labute approximate surface area is 168 Å². The number of halogens is 1. The van der Waals surface area contributed by atoms with Gasteiger partial charge in [-0.2, -0.15) is 0 Å². The first-order valence-corrected chi connectivity index (χ1v) is 9.56. The van der Waals surface area contributed by atoms with E-state index in [1.54, 1.807) is 24.3 Å². The molecule has 0 aliphatic rings. The van der Waals surface area contributed by atoms with Crippen molar-refractivity contribution in [1.82, 2.24) is 9.97 Å². The Bertz CT molecular complexity index is 1130. The average Bonchev–Trinajstić information content (AvgIpc) is 3.09. The van der Waals surface area contributed by atoms with Crippen LogP contribution in [0.5, 0.6) is 0 Å². The quantitative estimate of drug-likeness (QED) is 0.469. The molecule has 4 aromatic rings. The molecule has 0 saturated carbocycles. The molecule has 5 heteroatoms. The van der Waals surface area contributed by atoms with Gasteiger partial charge in [0.2, 0.25) is 0 Å². The minimum absolute atomic E-state index is 0.173. The van der Waals surface area contributed by atoms with Crippen molar-refractivity contribution >= 4 is 34.2 Å². The maximum atomic E-state index is 12.3. The molecule has 4 rings (SSSR count). The van der Waals surface area contributed by atoms with Crippen molar-refractivity contribution in [2.75, 3.05) is 5.32 Å². The van der Waals surface area contributed by atoms with E-state index in [0.29, 0.717) is 10.6 Å². The van der Waals surface area contributed by atoms with E-state index >= 15 is 0 Å². The summed E-state index contributed by atoms with van der Waals surface area (Å²) in [5.41, 5.74) is 5.79. The van der Waals surface area contributed by atoms with Gasteiger partial charge in [0.15, 0.2) is 0 Å². The second kappa shape index (κ2) is 7.87. The number of fused-ring (bicyclic) bond motifs is 1. The first-order valence-electron chi connectivity index (χ1n) is 9.18. The molecule has 140 valence electrons. The van der Waals surface area contributed by atoms with E-state index in [4.69, 9.17) is 11.6 Å². The fraction of sp³-hybridized carbons (Fsp3) is 0.130. The van der Waals surface area contributed by atoms with E-state index < -0.39 is 0 Å². The van der Waals surface area contributed by atoms with Crippen molar-refractivity contribution in [1.29, 1.82) is 0 Å². The van der Waals surface area contributed by atoms with Crippen molar-refractivity contribution in [2.45, 2.75) is 19.8 Å². The summed E-state index contributed by atoms with van der Waals surface area (Å²) >= 11 is 5.94. The average molecular weight is 390 g/mol. The van der Waals surface area contributed by atoms with Gasteiger partial charge in [0.25, 0.3) is 5.91 Å². The van der Waals surface area contributed by atoms with Gasteiger partial charge in [-0.1, -0.05) is 35.9 Å². The van der Waals surface area contributed by atoms with E-state index in [1.165, 1.54) is 11.1 Å².